The fourth-order valence-corrected chi connectivity index (χ4v) is 7.73. The van der Waals surface area contributed by atoms with Gasteiger partial charge in [-0.15, -0.1) is 0 Å². The molecule has 0 unspecified atom stereocenters. The van der Waals surface area contributed by atoms with Crippen LogP contribution in [0.1, 0.15) is 34.3 Å². The molecule has 2 amide bonds. The largest absolute Gasteiger partial charge is 0.325 e. The number of nitrogens with zero attached hydrogens (tertiary/aromatic N) is 1. The van der Waals surface area contributed by atoms with Gasteiger partial charge in [0, 0.05) is 38.0 Å². The van der Waals surface area contributed by atoms with Crippen molar-refractivity contribution in [1.82, 2.24) is 4.90 Å². The van der Waals surface area contributed by atoms with Crippen molar-refractivity contribution in [3.63, 3.8) is 0 Å². The molecule has 6 nitrogen and oxygen atoms in total. The number of halogens is 2. The van der Waals surface area contributed by atoms with Crippen molar-refractivity contribution < 1.29 is 14.4 Å². The van der Waals surface area contributed by atoms with Crippen LogP contribution in [0.15, 0.2) is 71.2 Å². The summed E-state index contributed by atoms with van der Waals surface area (Å²) in [5.74, 6) is -1.72. The molecule has 7 rings (SSSR count). The molecule has 2 N–H and O–H groups in total. The highest BCUT2D eigenvalue weighted by atomic mass is 79.9. The Labute approximate surface area is 221 Å². The van der Waals surface area contributed by atoms with Gasteiger partial charge >= 0.3 is 0 Å². The number of amides is 2. The van der Waals surface area contributed by atoms with E-state index < -0.39 is 16.9 Å². The topological polar surface area (TPSA) is 78.5 Å². The summed E-state index contributed by atoms with van der Waals surface area (Å²) < 4.78 is 0.843. The Hall–Kier alpha value is -3.00. The predicted octanol–water partition coefficient (Wildman–Crippen LogP) is 5.12. The SMILES string of the molecule is O=C(c1ccc(Br)cc1)[C@H]1[C@@]2(C(=O)Nc3ccccc32)[C@H]2CCCN2[C@]12C(=O)Nc1ccc(Cl)cc12. The zero-order valence-electron chi connectivity index (χ0n) is 19.1. The van der Waals surface area contributed by atoms with E-state index in [0.717, 1.165) is 16.5 Å². The number of benzene rings is 3. The van der Waals surface area contributed by atoms with Crippen LogP contribution < -0.4 is 10.6 Å². The van der Waals surface area contributed by atoms with Gasteiger partial charge in [0.15, 0.2) is 5.78 Å². The quantitative estimate of drug-likeness (QED) is 0.425. The van der Waals surface area contributed by atoms with Crippen molar-refractivity contribution in [2.24, 2.45) is 5.92 Å². The van der Waals surface area contributed by atoms with Crippen molar-refractivity contribution in [3.8, 4) is 0 Å². The Morgan fingerprint density at radius 2 is 1.67 bits per heavy atom. The summed E-state index contributed by atoms with van der Waals surface area (Å²) in [6.45, 7) is 0.603. The summed E-state index contributed by atoms with van der Waals surface area (Å²) in [5.41, 5.74) is 0.651. The summed E-state index contributed by atoms with van der Waals surface area (Å²) in [4.78, 5) is 45.1. The van der Waals surface area contributed by atoms with Gasteiger partial charge in [-0.05, 0) is 61.3 Å². The first-order valence-electron chi connectivity index (χ1n) is 12.0. The zero-order valence-corrected chi connectivity index (χ0v) is 21.4. The molecule has 4 atom stereocenters. The van der Waals surface area contributed by atoms with E-state index in [1.54, 1.807) is 30.3 Å². The molecule has 0 radical (unpaired) electrons. The summed E-state index contributed by atoms with van der Waals surface area (Å²) in [7, 11) is 0. The molecule has 2 saturated heterocycles. The highest BCUT2D eigenvalue weighted by Gasteiger charge is 2.78. The zero-order chi connectivity index (χ0) is 24.8. The molecule has 3 aromatic rings. The number of rotatable bonds is 2. The van der Waals surface area contributed by atoms with E-state index in [9.17, 15) is 14.4 Å². The molecule has 0 saturated carbocycles. The van der Waals surface area contributed by atoms with Crippen molar-refractivity contribution >= 4 is 56.5 Å². The molecule has 2 spiro atoms. The third kappa shape index (κ3) is 2.53. The van der Waals surface area contributed by atoms with Gasteiger partial charge in [0.2, 0.25) is 11.8 Å². The number of anilines is 2. The van der Waals surface area contributed by atoms with E-state index in [2.05, 4.69) is 31.5 Å². The van der Waals surface area contributed by atoms with E-state index in [1.165, 1.54) is 0 Å². The van der Waals surface area contributed by atoms with E-state index >= 15 is 0 Å². The smallest absolute Gasteiger partial charge is 0.250 e. The highest BCUT2D eigenvalue weighted by Crippen LogP contribution is 2.66. The van der Waals surface area contributed by atoms with Crippen LogP contribution >= 0.6 is 27.5 Å². The van der Waals surface area contributed by atoms with Crippen LogP contribution in [0.3, 0.4) is 0 Å². The minimum atomic E-state index is -1.36. The molecule has 4 aliphatic rings. The van der Waals surface area contributed by atoms with E-state index in [0.29, 0.717) is 40.5 Å². The van der Waals surface area contributed by atoms with Gasteiger partial charge in [0.05, 0.1) is 5.92 Å². The van der Waals surface area contributed by atoms with Gasteiger partial charge in [-0.1, -0.05) is 57.9 Å². The molecule has 2 fully saturated rings. The average Bonchev–Trinajstić information content (AvgIpc) is 3.58. The Morgan fingerprint density at radius 1 is 0.944 bits per heavy atom. The first-order chi connectivity index (χ1) is 17.4. The van der Waals surface area contributed by atoms with Crippen LogP contribution in [0.4, 0.5) is 11.4 Å². The number of Topliss-reactive ketones (excluding diaryl/α,β-unsaturated/α-hetero) is 1. The van der Waals surface area contributed by atoms with Crippen molar-refractivity contribution in [3.05, 3.63) is 92.9 Å². The Balaban J connectivity index is 1.59. The van der Waals surface area contributed by atoms with E-state index in [-0.39, 0.29) is 23.6 Å². The molecule has 3 aromatic carbocycles. The van der Waals surface area contributed by atoms with E-state index in [1.807, 2.05) is 36.4 Å². The molecule has 180 valence electrons. The maximum atomic E-state index is 14.7. The lowest BCUT2D eigenvalue weighted by molar-refractivity contribution is -0.128. The lowest BCUT2D eigenvalue weighted by Crippen LogP contribution is -2.55. The van der Waals surface area contributed by atoms with Crippen LogP contribution in [0.2, 0.25) is 5.02 Å². The lowest BCUT2D eigenvalue weighted by Gasteiger charge is -2.38. The fraction of sp³-hybridized carbons (Fsp3) is 0.250. The molecule has 0 aliphatic carbocycles. The summed E-state index contributed by atoms with van der Waals surface area (Å²) in [6.07, 6.45) is 1.53. The second-order valence-electron chi connectivity index (χ2n) is 9.93. The number of ketones is 1. The Morgan fingerprint density at radius 3 is 2.47 bits per heavy atom. The van der Waals surface area contributed by atoms with Crippen molar-refractivity contribution in [1.29, 1.82) is 0 Å². The summed E-state index contributed by atoms with van der Waals surface area (Å²) in [6, 6.07) is 19.7. The van der Waals surface area contributed by atoms with Crippen LogP contribution in [0.5, 0.6) is 0 Å². The monoisotopic (exact) mass is 561 g/mol. The van der Waals surface area contributed by atoms with Gasteiger partial charge in [-0.2, -0.15) is 0 Å². The minimum Gasteiger partial charge on any atom is -0.325 e. The molecule has 4 aliphatic heterocycles. The van der Waals surface area contributed by atoms with Crippen molar-refractivity contribution in [2.75, 3.05) is 17.2 Å². The average molecular weight is 563 g/mol. The van der Waals surface area contributed by atoms with Gasteiger partial charge in [0.25, 0.3) is 0 Å². The number of carbonyl (C=O) groups is 3. The van der Waals surface area contributed by atoms with Gasteiger partial charge in [0.1, 0.15) is 11.0 Å². The maximum absolute atomic E-state index is 14.7. The second-order valence-corrected chi connectivity index (χ2v) is 11.3. The minimum absolute atomic E-state index is 0.226. The van der Waals surface area contributed by atoms with Crippen molar-refractivity contribution in [2.45, 2.75) is 29.8 Å². The number of nitrogens with one attached hydrogen (secondary N) is 2. The van der Waals surface area contributed by atoms with Gasteiger partial charge < -0.3 is 10.6 Å². The first-order valence-corrected chi connectivity index (χ1v) is 13.2. The summed E-state index contributed by atoms with van der Waals surface area (Å²) >= 11 is 9.92. The Bertz CT molecular complexity index is 1490. The van der Waals surface area contributed by atoms with Crippen LogP contribution in [0.25, 0.3) is 0 Å². The third-order valence-electron chi connectivity index (χ3n) is 8.48. The predicted molar refractivity (Wildman–Crippen MR) is 140 cm³/mol. The van der Waals surface area contributed by atoms with Crippen LogP contribution in [-0.2, 0) is 20.5 Å². The molecule has 0 aromatic heterocycles. The van der Waals surface area contributed by atoms with E-state index in [4.69, 9.17) is 11.6 Å². The fourth-order valence-electron chi connectivity index (χ4n) is 7.30. The number of hydrogen-bond donors (Lipinski definition) is 2. The molecule has 0 bridgehead atoms. The molecule has 4 heterocycles. The van der Waals surface area contributed by atoms with Gasteiger partial charge in [-0.25, -0.2) is 0 Å². The summed E-state index contributed by atoms with van der Waals surface area (Å²) in [5, 5.41) is 6.57. The number of hydrogen-bond acceptors (Lipinski definition) is 4. The van der Waals surface area contributed by atoms with Crippen LogP contribution in [-0.4, -0.2) is 35.1 Å². The normalized spacial score (nSPS) is 29.8. The molecular weight excluding hydrogens is 542 g/mol. The Kier molecular flexibility index (Phi) is 4.63. The second kappa shape index (κ2) is 7.51. The molecule has 36 heavy (non-hydrogen) atoms. The standard InChI is InChI=1S/C28H21BrClN3O3/c29-16-9-7-15(8-10-16)23(34)24-27(18-4-1-2-5-20(18)31-25(27)35)22-6-3-13-33(22)28(24)19-14-17(30)11-12-21(19)32-26(28)36/h1-2,4-5,7-12,14,22,24H,3,6,13H2,(H,31,35)(H,32,36)/t22-,24+,27+,28+/m1/s1. The lowest BCUT2D eigenvalue weighted by atomic mass is 9.60. The maximum Gasteiger partial charge on any atom is 0.250 e. The molecule has 8 heteroatoms. The first kappa shape index (κ1) is 22.2. The van der Waals surface area contributed by atoms with Crippen LogP contribution in [0, 0.1) is 5.92 Å². The highest BCUT2D eigenvalue weighted by molar-refractivity contribution is 9.10. The number of fused-ring (bicyclic) bond motifs is 7. The molecular formula is C28H21BrClN3O3. The van der Waals surface area contributed by atoms with Gasteiger partial charge in [-0.3, -0.25) is 19.3 Å². The number of para-hydroxylation sites is 1. The number of carbonyl (C=O) groups excluding carboxylic acids is 3. The third-order valence-corrected chi connectivity index (χ3v) is 9.24.